The van der Waals surface area contributed by atoms with E-state index in [1.807, 2.05) is 6.08 Å². The molecule has 1 unspecified atom stereocenters. The molecule has 0 amide bonds. The highest BCUT2D eigenvalue weighted by Crippen LogP contribution is 2.37. The van der Waals surface area contributed by atoms with Gasteiger partial charge in [0.1, 0.15) is 0 Å². The summed E-state index contributed by atoms with van der Waals surface area (Å²) in [4.78, 5) is 14.2. The van der Waals surface area contributed by atoms with E-state index in [4.69, 9.17) is 4.74 Å². The fourth-order valence-corrected chi connectivity index (χ4v) is 3.08. The van der Waals surface area contributed by atoms with Gasteiger partial charge in [-0.2, -0.15) is 0 Å². The van der Waals surface area contributed by atoms with Crippen LogP contribution in [0, 0.1) is 5.41 Å². The van der Waals surface area contributed by atoms with E-state index >= 15 is 0 Å². The maximum Gasteiger partial charge on any atom is 0.157 e. The minimum atomic E-state index is 0.112. The third-order valence-corrected chi connectivity index (χ3v) is 3.75. The zero-order valence-electron chi connectivity index (χ0n) is 11.2. The molecule has 2 aliphatic rings. The third-order valence-electron chi connectivity index (χ3n) is 3.75. The number of carbonyl (C=O) groups excluding carboxylic acids is 1. The minimum absolute atomic E-state index is 0.112. The quantitative estimate of drug-likeness (QED) is 0.754. The van der Waals surface area contributed by atoms with Gasteiger partial charge >= 0.3 is 0 Å². The summed E-state index contributed by atoms with van der Waals surface area (Å²) in [6.45, 7) is 6.20. The van der Waals surface area contributed by atoms with Gasteiger partial charge in [0.15, 0.2) is 5.78 Å². The van der Waals surface area contributed by atoms with Crippen LogP contribution in [0.4, 0.5) is 0 Å². The van der Waals surface area contributed by atoms with Crippen LogP contribution in [0.2, 0.25) is 0 Å². The summed E-state index contributed by atoms with van der Waals surface area (Å²) in [7, 11) is 1.75. The number of methoxy groups -OCH3 is 1. The molecule has 0 spiro atoms. The van der Waals surface area contributed by atoms with E-state index in [-0.39, 0.29) is 11.2 Å². The average molecular weight is 237 g/mol. The van der Waals surface area contributed by atoms with E-state index in [1.165, 1.54) is 18.5 Å². The monoisotopic (exact) mass is 237 g/mol. The molecule has 96 valence electrons. The molecule has 1 atom stereocenters. The van der Waals surface area contributed by atoms with Crippen LogP contribution in [0.25, 0.3) is 0 Å². The number of carbonyl (C=O) groups is 1. The lowest BCUT2D eigenvalue weighted by atomic mass is 9.78. The summed E-state index contributed by atoms with van der Waals surface area (Å²) in [6.07, 6.45) is 5.94. The molecule has 0 N–H and O–H groups in total. The van der Waals surface area contributed by atoms with Gasteiger partial charge in [-0.3, -0.25) is 4.79 Å². The topological polar surface area (TPSA) is 29.5 Å². The Morgan fingerprint density at radius 1 is 1.47 bits per heavy atom. The predicted octanol–water partition coefficient (Wildman–Crippen LogP) is 2.37. The SMILES string of the molecule is COCC1CCCN1C1=CC(=O)CC(C)(C)C1. The minimum Gasteiger partial charge on any atom is -0.383 e. The summed E-state index contributed by atoms with van der Waals surface area (Å²) in [5, 5.41) is 0. The highest BCUT2D eigenvalue weighted by molar-refractivity contribution is 5.91. The molecule has 1 fully saturated rings. The normalized spacial score (nSPS) is 28.4. The molecule has 0 aromatic heterocycles. The van der Waals surface area contributed by atoms with Crippen LogP contribution in [0.1, 0.15) is 39.5 Å². The van der Waals surface area contributed by atoms with Crippen molar-refractivity contribution in [2.24, 2.45) is 5.41 Å². The van der Waals surface area contributed by atoms with Crippen molar-refractivity contribution in [3.05, 3.63) is 11.8 Å². The van der Waals surface area contributed by atoms with Crippen molar-refractivity contribution in [2.75, 3.05) is 20.3 Å². The summed E-state index contributed by atoms with van der Waals surface area (Å²) in [5.41, 5.74) is 1.34. The van der Waals surface area contributed by atoms with E-state index in [2.05, 4.69) is 18.7 Å². The molecular weight excluding hydrogens is 214 g/mol. The van der Waals surface area contributed by atoms with Crippen molar-refractivity contribution in [1.29, 1.82) is 0 Å². The summed E-state index contributed by atoms with van der Waals surface area (Å²) < 4.78 is 5.27. The molecule has 17 heavy (non-hydrogen) atoms. The lowest BCUT2D eigenvalue weighted by molar-refractivity contribution is -0.117. The molecule has 0 aromatic rings. The van der Waals surface area contributed by atoms with E-state index in [9.17, 15) is 4.79 Å². The first-order valence-corrected chi connectivity index (χ1v) is 6.51. The van der Waals surface area contributed by atoms with Gasteiger partial charge in [-0.15, -0.1) is 0 Å². The lowest BCUT2D eigenvalue weighted by Crippen LogP contribution is -2.36. The van der Waals surface area contributed by atoms with Crippen molar-refractivity contribution in [1.82, 2.24) is 4.90 Å². The number of likely N-dealkylation sites (tertiary alicyclic amines) is 1. The first-order chi connectivity index (χ1) is 8.02. The molecule has 1 aliphatic heterocycles. The van der Waals surface area contributed by atoms with Crippen LogP contribution in [0.3, 0.4) is 0 Å². The van der Waals surface area contributed by atoms with Crippen LogP contribution < -0.4 is 0 Å². The van der Waals surface area contributed by atoms with Crippen molar-refractivity contribution in [3.8, 4) is 0 Å². The molecule has 1 aliphatic carbocycles. The number of rotatable bonds is 3. The van der Waals surface area contributed by atoms with E-state index < -0.39 is 0 Å². The van der Waals surface area contributed by atoms with Gasteiger partial charge < -0.3 is 9.64 Å². The lowest BCUT2D eigenvalue weighted by Gasteiger charge is -2.36. The molecule has 3 heteroatoms. The van der Waals surface area contributed by atoms with Crippen LogP contribution in [0.5, 0.6) is 0 Å². The number of nitrogens with zero attached hydrogens (tertiary/aromatic N) is 1. The standard InChI is InChI=1S/C14H23NO2/c1-14(2)8-12(7-13(16)9-14)15-6-4-5-11(15)10-17-3/h7,11H,4-6,8-10H2,1-3H3. The third kappa shape index (κ3) is 2.89. The van der Waals surface area contributed by atoms with Gasteiger partial charge in [0, 0.05) is 31.8 Å². The summed E-state index contributed by atoms with van der Waals surface area (Å²) in [5.74, 6) is 0.277. The zero-order valence-corrected chi connectivity index (χ0v) is 11.2. The van der Waals surface area contributed by atoms with Crippen LogP contribution in [-0.2, 0) is 9.53 Å². The Labute approximate surface area is 104 Å². The molecule has 0 saturated carbocycles. The van der Waals surface area contributed by atoms with Gasteiger partial charge in [-0.05, 0) is 24.7 Å². The second-order valence-corrected chi connectivity index (χ2v) is 6.06. The highest BCUT2D eigenvalue weighted by atomic mass is 16.5. The fraction of sp³-hybridized carbons (Fsp3) is 0.786. The molecule has 3 nitrogen and oxygen atoms in total. The second kappa shape index (κ2) is 4.81. The highest BCUT2D eigenvalue weighted by Gasteiger charge is 2.33. The number of ether oxygens (including phenoxy) is 1. The maximum absolute atomic E-state index is 11.8. The number of hydrogen-bond donors (Lipinski definition) is 0. The van der Waals surface area contributed by atoms with Crippen molar-refractivity contribution in [2.45, 2.75) is 45.6 Å². The molecule has 2 rings (SSSR count). The Balaban J connectivity index is 2.13. The Morgan fingerprint density at radius 3 is 2.88 bits per heavy atom. The second-order valence-electron chi connectivity index (χ2n) is 6.06. The zero-order chi connectivity index (χ0) is 12.5. The van der Waals surface area contributed by atoms with E-state index in [0.29, 0.717) is 12.5 Å². The van der Waals surface area contributed by atoms with Gasteiger partial charge in [-0.25, -0.2) is 0 Å². The van der Waals surface area contributed by atoms with Gasteiger partial charge in [0.25, 0.3) is 0 Å². The number of allylic oxidation sites excluding steroid dienone is 2. The first-order valence-electron chi connectivity index (χ1n) is 6.51. The van der Waals surface area contributed by atoms with Crippen molar-refractivity contribution < 1.29 is 9.53 Å². The van der Waals surface area contributed by atoms with Crippen molar-refractivity contribution >= 4 is 5.78 Å². The van der Waals surface area contributed by atoms with Gasteiger partial charge in [0.05, 0.1) is 12.6 Å². The Bertz CT molecular complexity index is 333. The maximum atomic E-state index is 11.8. The fourth-order valence-electron chi connectivity index (χ4n) is 3.08. The number of hydrogen-bond acceptors (Lipinski definition) is 3. The Hall–Kier alpha value is -0.830. The molecular formula is C14H23NO2. The average Bonchev–Trinajstić information content (AvgIpc) is 2.63. The Morgan fingerprint density at radius 2 is 2.24 bits per heavy atom. The summed E-state index contributed by atoms with van der Waals surface area (Å²) >= 11 is 0. The molecule has 0 bridgehead atoms. The molecule has 1 heterocycles. The van der Waals surface area contributed by atoms with Gasteiger partial charge in [-0.1, -0.05) is 13.8 Å². The predicted molar refractivity (Wildman–Crippen MR) is 67.7 cm³/mol. The van der Waals surface area contributed by atoms with Crippen molar-refractivity contribution in [3.63, 3.8) is 0 Å². The smallest absolute Gasteiger partial charge is 0.157 e. The van der Waals surface area contributed by atoms with Crippen LogP contribution >= 0.6 is 0 Å². The number of ketones is 1. The van der Waals surface area contributed by atoms with Crippen LogP contribution in [0.15, 0.2) is 11.8 Å². The summed E-state index contributed by atoms with van der Waals surface area (Å²) in [6, 6.07) is 0.466. The molecule has 1 saturated heterocycles. The first kappa shape index (κ1) is 12.6. The van der Waals surface area contributed by atoms with E-state index in [1.54, 1.807) is 7.11 Å². The largest absolute Gasteiger partial charge is 0.383 e. The Kier molecular flexibility index (Phi) is 3.57. The molecule has 0 radical (unpaired) electrons. The van der Waals surface area contributed by atoms with Crippen LogP contribution in [-0.4, -0.2) is 37.0 Å². The van der Waals surface area contributed by atoms with Gasteiger partial charge in [0.2, 0.25) is 0 Å². The molecule has 0 aromatic carbocycles. The van der Waals surface area contributed by atoms with E-state index in [0.717, 1.165) is 19.6 Å².